The summed E-state index contributed by atoms with van der Waals surface area (Å²) in [5, 5.41) is 7.16. The van der Waals surface area contributed by atoms with Gasteiger partial charge in [0.05, 0.1) is 0 Å². The number of rotatable bonds is 4. The smallest absolute Gasteiger partial charge is 0.227 e. The van der Waals surface area contributed by atoms with Crippen LogP contribution in [0.25, 0.3) is 0 Å². The second-order valence-corrected chi connectivity index (χ2v) is 6.96. The van der Waals surface area contributed by atoms with Crippen LogP contribution in [0, 0.1) is 20.8 Å². The van der Waals surface area contributed by atoms with Crippen LogP contribution in [-0.2, 0) is 0 Å². The topological polar surface area (TPSA) is 70.3 Å². The van der Waals surface area contributed by atoms with Crippen LogP contribution in [0.2, 0.25) is 0 Å². The number of nitrogens with zero attached hydrogens (tertiary/aromatic N) is 5. The van der Waals surface area contributed by atoms with Crippen LogP contribution in [0.1, 0.15) is 17.0 Å². The fourth-order valence-corrected chi connectivity index (χ4v) is 3.30. The fourth-order valence-electron chi connectivity index (χ4n) is 3.30. The van der Waals surface area contributed by atoms with Gasteiger partial charge < -0.3 is 19.6 Å². The normalized spacial score (nSPS) is 14.5. The highest BCUT2D eigenvalue weighted by Crippen LogP contribution is 2.22. The lowest BCUT2D eigenvalue weighted by atomic mass is 10.2. The zero-order valence-corrected chi connectivity index (χ0v) is 15.9. The van der Waals surface area contributed by atoms with Gasteiger partial charge >= 0.3 is 0 Å². The average Bonchev–Trinajstić information content (AvgIpc) is 3.06. The summed E-state index contributed by atoms with van der Waals surface area (Å²) in [5.74, 6) is 2.89. The number of piperazine rings is 1. The Morgan fingerprint density at radius 2 is 1.67 bits per heavy atom. The molecule has 0 unspecified atom stereocenters. The molecule has 1 saturated heterocycles. The van der Waals surface area contributed by atoms with E-state index in [-0.39, 0.29) is 0 Å². The maximum atomic E-state index is 5.10. The molecule has 0 bridgehead atoms. The predicted molar refractivity (Wildman–Crippen MR) is 107 cm³/mol. The first-order valence-corrected chi connectivity index (χ1v) is 9.19. The van der Waals surface area contributed by atoms with Gasteiger partial charge in [-0.05, 0) is 38.5 Å². The van der Waals surface area contributed by atoms with E-state index in [0.717, 1.165) is 49.4 Å². The number of aromatic nitrogens is 3. The van der Waals surface area contributed by atoms with Crippen molar-refractivity contribution in [2.75, 3.05) is 41.3 Å². The molecule has 7 nitrogen and oxygen atoms in total. The number of hydrogen-bond donors (Lipinski definition) is 1. The summed E-state index contributed by atoms with van der Waals surface area (Å²) in [5.41, 5.74) is 3.49. The van der Waals surface area contributed by atoms with E-state index in [1.54, 1.807) is 0 Å². The highest BCUT2D eigenvalue weighted by molar-refractivity contribution is 5.55. The zero-order valence-electron chi connectivity index (χ0n) is 15.9. The molecule has 1 aromatic carbocycles. The summed E-state index contributed by atoms with van der Waals surface area (Å²) in [6.07, 6.45) is 0. The maximum Gasteiger partial charge on any atom is 0.227 e. The number of anilines is 4. The van der Waals surface area contributed by atoms with Gasteiger partial charge in [0.1, 0.15) is 11.6 Å². The van der Waals surface area contributed by atoms with Crippen LogP contribution in [0.15, 0.2) is 40.9 Å². The molecule has 0 aliphatic carbocycles. The Bertz CT molecular complexity index is 930. The molecule has 1 N–H and O–H groups in total. The third-order valence-electron chi connectivity index (χ3n) is 4.66. The molecule has 4 rings (SSSR count). The van der Waals surface area contributed by atoms with Gasteiger partial charge in [0.25, 0.3) is 0 Å². The Labute approximate surface area is 159 Å². The van der Waals surface area contributed by atoms with Crippen LogP contribution in [0.3, 0.4) is 0 Å². The largest absolute Gasteiger partial charge is 0.368 e. The average molecular weight is 364 g/mol. The number of hydrogen-bond acceptors (Lipinski definition) is 7. The zero-order chi connectivity index (χ0) is 18.8. The first-order chi connectivity index (χ1) is 13.1. The number of nitrogens with one attached hydrogen (secondary N) is 1. The molecule has 1 aliphatic heterocycles. The molecule has 3 heterocycles. The highest BCUT2D eigenvalue weighted by Gasteiger charge is 2.20. The lowest BCUT2D eigenvalue weighted by molar-refractivity contribution is 0.400. The van der Waals surface area contributed by atoms with Crippen LogP contribution >= 0.6 is 0 Å². The molecule has 0 atom stereocenters. The predicted octanol–water partition coefficient (Wildman–Crippen LogP) is 3.46. The monoisotopic (exact) mass is 364 g/mol. The van der Waals surface area contributed by atoms with Crippen LogP contribution in [-0.4, -0.2) is 41.3 Å². The summed E-state index contributed by atoms with van der Waals surface area (Å²) in [6.45, 7) is 9.65. The van der Waals surface area contributed by atoms with E-state index in [4.69, 9.17) is 4.52 Å². The molecule has 0 radical (unpaired) electrons. The van der Waals surface area contributed by atoms with Crippen molar-refractivity contribution in [2.45, 2.75) is 20.8 Å². The number of benzene rings is 1. The van der Waals surface area contributed by atoms with Gasteiger partial charge in [-0.3, -0.25) is 0 Å². The lowest BCUT2D eigenvalue weighted by Gasteiger charge is -2.36. The molecular formula is C20H24N6O. The van der Waals surface area contributed by atoms with Gasteiger partial charge in [-0.1, -0.05) is 17.3 Å². The van der Waals surface area contributed by atoms with E-state index in [9.17, 15) is 0 Å². The molecule has 1 aliphatic rings. The van der Waals surface area contributed by atoms with Gasteiger partial charge in [0, 0.05) is 49.7 Å². The molecule has 2 aromatic heterocycles. The standard InChI is InChI=1S/C20H24N6O/c1-14-5-4-6-17(11-14)25-7-9-26(10-8-25)20-21-15(2)12-18(23-20)22-19-13-16(3)27-24-19/h4-6,11-13H,7-10H2,1-3H3,(H,21,22,23,24). The maximum absolute atomic E-state index is 5.10. The molecule has 27 heavy (non-hydrogen) atoms. The molecule has 0 saturated carbocycles. The molecular weight excluding hydrogens is 340 g/mol. The summed E-state index contributed by atoms with van der Waals surface area (Å²) >= 11 is 0. The summed E-state index contributed by atoms with van der Waals surface area (Å²) in [6, 6.07) is 12.4. The van der Waals surface area contributed by atoms with E-state index in [1.165, 1.54) is 11.3 Å². The van der Waals surface area contributed by atoms with Crippen LogP contribution in [0.4, 0.5) is 23.3 Å². The molecule has 3 aromatic rings. The minimum Gasteiger partial charge on any atom is -0.368 e. The SMILES string of the molecule is Cc1cccc(N2CCN(c3nc(C)cc(Nc4cc(C)on4)n3)CC2)c1. The summed E-state index contributed by atoms with van der Waals surface area (Å²) in [4.78, 5) is 14.0. The second kappa shape index (κ2) is 7.26. The molecule has 1 fully saturated rings. The Morgan fingerprint density at radius 3 is 2.37 bits per heavy atom. The molecule has 140 valence electrons. The summed E-state index contributed by atoms with van der Waals surface area (Å²) < 4.78 is 5.10. The van der Waals surface area contributed by atoms with Crippen molar-refractivity contribution >= 4 is 23.3 Å². The van der Waals surface area contributed by atoms with E-state index in [0.29, 0.717) is 5.82 Å². The van der Waals surface area contributed by atoms with Gasteiger partial charge in [0.15, 0.2) is 5.82 Å². The van der Waals surface area contributed by atoms with Crippen LogP contribution < -0.4 is 15.1 Å². The van der Waals surface area contributed by atoms with Crippen molar-refractivity contribution in [2.24, 2.45) is 0 Å². The van der Waals surface area contributed by atoms with Crippen molar-refractivity contribution in [1.82, 2.24) is 15.1 Å². The first kappa shape index (κ1) is 17.3. The van der Waals surface area contributed by atoms with Crippen molar-refractivity contribution in [3.63, 3.8) is 0 Å². The summed E-state index contributed by atoms with van der Waals surface area (Å²) in [7, 11) is 0. The van der Waals surface area contributed by atoms with Gasteiger partial charge in [-0.15, -0.1) is 0 Å². The van der Waals surface area contributed by atoms with E-state index in [2.05, 4.69) is 61.4 Å². The minimum absolute atomic E-state index is 0.654. The molecule has 7 heteroatoms. The fraction of sp³-hybridized carbons (Fsp3) is 0.350. The Hall–Kier alpha value is -3.09. The third-order valence-corrected chi connectivity index (χ3v) is 4.66. The van der Waals surface area contributed by atoms with Crippen molar-refractivity contribution < 1.29 is 4.52 Å². The van der Waals surface area contributed by atoms with Crippen LogP contribution in [0.5, 0.6) is 0 Å². The third kappa shape index (κ3) is 4.02. The molecule has 0 spiro atoms. The van der Waals surface area contributed by atoms with E-state index >= 15 is 0 Å². The van der Waals surface area contributed by atoms with Gasteiger partial charge in [-0.2, -0.15) is 4.98 Å². The van der Waals surface area contributed by atoms with Gasteiger partial charge in [-0.25, -0.2) is 4.98 Å². The quantitative estimate of drug-likeness (QED) is 0.760. The minimum atomic E-state index is 0.654. The van der Waals surface area contributed by atoms with Gasteiger partial charge in [0.2, 0.25) is 5.95 Å². The van der Waals surface area contributed by atoms with Crippen molar-refractivity contribution in [3.8, 4) is 0 Å². The van der Waals surface area contributed by atoms with E-state index in [1.807, 2.05) is 26.0 Å². The lowest BCUT2D eigenvalue weighted by Crippen LogP contribution is -2.47. The van der Waals surface area contributed by atoms with Crippen molar-refractivity contribution in [3.05, 3.63) is 53.4 Å². The second-order valence-electron chi connectivity index (χ2n) is 6.96. The first-order valence-electron chi connectivity index (χ1n) is 9.19. The highest BCUT2D eigenvalue weighted by atomic mass is 16.5. The number of aryl methyl sites for hydroxylation is 3. The molecule has 0 amide bonds. The van der Waals surface area contributed by atoms with Crippen molar-refractivity contribution in [1.29, 1.82) is 0 Å². The Morgan fingerprint density at radius 1 is 0.889 bits per heavy atom. The van der Waals surface area contributed by atoms with E-state index < -0.39 is 0 Å². The Kier molecular flexibility index (Phi) is 4.66. The Balaban J connectivity index is 1.46.